The van der Waals surface area contributed by atoms with E-state index >= 15 is 0 Å². The Morgan fingerprint density at radius 1 is 1.03 bits per heavy atom. The molecule has 0 saturated heterocycles. The highest BCUT2D eigenvalue weighted by Crippen LogP contribution is 2.34. The molecule has 0 amide bonds. The number of benzene rings is 2. The fourth-order valence-electron chi connectivity index (χ4n) is 3.43. The average molecular weight is 478 g/mol. The average Bonchev–Trinajstić information content (AvgIpc) is 3.42. The number of thiophene rings is 1. The number of nitrogens with one attached hydrogen (secondary N) is 1. The van der Waals surface area contributed by atoms with E-state index in [0.29, 0.717) is 17.0 Å². The molecular weight excluding hydrogens is 462 g/mol. The summed E-state index contributed by atoms with van der Waals surface area (Å²) in [5.74, 6) is 0.710. The molecule has 0 aliphatic rings. The normalized spacial score (nSPS) is 11.1. The predicted octanol–water partition coefficient (Wildman–Crippen LogP) is 5.86. The molecule has 5 rings (SSSR count). The SMILES string of the molecule is COc1ccc(-c2cnc3c(-c4cc(-c5ccccc5)cs4)c[nH]n3c2=O)cc1Br. The molecule has 5 aromatic rings. The van der Waals surface area contributed by atoms with Gasteiger partial charge in [0.15, 0.2) is 5.65 Å². The lowest BCUT2D eigenvalue weighted by molar-refractivity contribution is 0.412. The topological polar surface area (TPSA) is 59.4 Å². The zero-order valence-electron chi connectivity index (χ0n) is 15.9. The third-order valence-electron chi connectivity index (χ3n) is 4.97. The van der Waals surface area contributed by atoms with E-state index in [-0.39, 0.29) is 5.56 Å². The van der Waals surface area contributed by atoms with E-state index in [0.717, 1.165) is 31.6 Å². The number of hydrogen-bond donors (Lipinski definition) is 1. The first-order valence-electron chi connectivity index (χ1n) is 9.23. The van der Waals surface area contributed by atoms with Crippen LogP contribution in [0.5, 0.6) is 5.75 Å². The van der Waals surface area contributed by atoms with E-state index in [4.69, 9.17) is 4.74 Å². The van der Waals surface area contributed by atoms with Gasteiger partial charge < -0.3 is 4.74 Å². The summed E-state index contributed by atoms with van der Waals surface area (Å²) >= 11 is 5.11. The Morgan fingerprint density at radius 3 is 2.63 bits per heavy atom. The molecule has 3 aromatic heterocycles. The van der Waals surface area contributed by atoms with E-state index in [1.807, 2.05) is 42.6 Å². The van der Waals surface area contributed by atoms with E-state index < -0.39 is 0 Å². The van der Waals surface area contributed by atoms with Gasteiger partial charge in [-0.15, -0.1) is 11.3 Å². The minimum absolute atomic E-state index is 0.150. The van der Waals surface area contributed by atoms with Crippen molar-refractivity contribution in [1.82, 2.24) is 14.6 Å². The molecule has 148 valence electrons. The monoisotopic (exact) mass is 477 g/mol. The Hall–Kier alpha value is -3.16. The van der Waals surface area contributed by atoms with Crippen molar-refractivity contribution in [1.29, 1.82) is 0 Å². The molecule has 0 aliphatic carbocycles. The summed E-state index contributed by atoms with van der Waals surface area (Å²) in [6, 6.07) is 17.9. The molecule has 2 aromatic carbocycles. The van der Waals surface area contributed by atoms with E-state index in [1.54, 1.807) is 24.6 Å². The van der Waals surface area contributed by atoms with Crippen LogP contribution in [-0.4, -0.2) is 21.7 Å². The van der Waals surface area contributed by atoms with Gasteiger partial charge in [-0.3, -0.25) is 9.89 Å². The van der Waals surface area contributed by atoms with Crippen molar-refractivity contribution in [2.24, 2.45) is 0 Å². The van der Waals surface area contributed by atoms with Crippen molar-refractivity contribution < 1.29 is 4.74 Å². The maximum atomic E-state index is 13.1. The van der Waals surface area contributed by atoms with Crippen molar-refractivity contribution in [3.05, 3.63) is 87.2 Å². The number of H-pyrrole nitrogens is 1. The van der Waals surface area contributed by atoms with Gasteiger partial charge in [0.1, 0.15) is 5.75 Å². The summed E-state index contributed by atoms with van der Waals surface area (Å²) in [4.78, 5) is 18.8. The molecule has 0 atom stereocenters. The Morgan fingerprint density at radius 2 is 1.87 bits per heavy atom. The van der Waals surface area contributed by atoms with E-state index in [2.05, 4.69) is 49.6 Å². The number of fused-ring (bicyclic) bond motifs is 1. The highest BCUT2D eigenvalue weighted by Gasteiger charge is 2.15. The maximum absolute atomic E-state index is 13.1. The highest BCUT2D eigenvalue weighted by atomic mass is 79.9. The Balaban J connectivity index is 1.58. The van der Waals surface area contributed by atoms with E-state index in [9.17, 15) is 4.79 Å². The van der Waals surface area contributed by atoms with Gasteiger partial charge in [0.25, 0.3) is 5.56 Å². The van der Waals surface area contributed by atoms with Crippen LogP contribution >= 0.6 is 27.3 Å². The van der Waals surface area contributed by atoms with Crippen LogP contribution in [0.4, 0.5) is 0 Å². The van der Waals surface area contributed by atoms with Gasteiger partial charge in [0, 0.05) is 17.3 Å². The van der Waals surface area contributed by atoms with Gasteiger partial charge in [-0.25, -0.2) is 9.50 Å². The first kappa shape index (κ1) is 18.8. The fraction of sp³-hybridized carbons (Fsp3) is 0.0435. The molecule has 30 heavy (non-hydrogen) atoms. The van der Waals surface area contributed by atoms with Crippen molar-refractivity contribution in [3.63, 3.8) is 0 Å². The quantitative estimate of drug-likeness (QED) is 0.352. The molecule has 7 heteroatoms. The smallest absolute Gasteiger partial charge is 0.280 e. The van der Waals surface area contributed by atoms with Gasteiger partial charge in [-0.2, -0.15) is 0 Å². The zero-order chi connectivity index (χ0) is 20.7. The van der Waals surface area contributed by atoms with Crippen LogP contribution in [-0.2, 0) is 0 Å². The van der Waals surface area contributed by atoms with Crippen LogP contribution in [0.2, 0.25) is 0 Å². The van der Waals surface area contributed by atoms with Crippen LogP contribution in [0.3, 0.4) is 0 Å². The Labute approximate surface area is 184 Å². The van der Waals surface area contributed by atoms with Crippen molar-refractivity contribution in [3.8, 4) is 38.4 Å². The van der Waals surface area contributed by atoms with Crippen LogP contribution in [0.25, 0.3) is 38.3 Å². The molecule has 5 nitrogen and oxygen atoms in total. The number of hydrogen-bond acceptors (Lipinski definition) is 4. The molecular formula is C23H16BrN3O2S. The largest absolute Gasteiger partial charge is 0.496 e. The Kier molecular flexibility index (Phi) is 4.77. The van der Waals surface area contributed by atoms with Crippen molar-refractivity contribution >= 4 is 32.9 Å². The lowest BCUT2D eigenvalue weighted by atomic mass is 10.1. The third kappa shape index (κ3) is 3.16. The number of ether oxygens (including phenoxy) is 1. The molecule has 3 heterocycles. The second kappa shape index (κ2) is 7.59. The number of aromatic nitrogens is 3. The lowest BCUT2D eigenvalue weighted by Gasteiger charge is -2.06. The molecule has 0 saturated carbocycles. The minimum atomic E-state index is -0.150. The Bertz CT molecular complexity index is 1420. The number of methoxy groups -OCH3 is 1. The molecule has 0 radical (unpaired) electrons. The maximum Gasteiger partial charge on any atom is 0.280 e. The van der Waals surface area contributed by atoms with Gasteiger partial charge in [-0.1, -0.05) is 36.4 Å². The highest BCUT2D eigenvalue weighted by molar-refractivity contribution is 9.10. The lowest BCUT2D eigenvalue weighted by Crippen LogP contribution is -2.16. The molecule has 0 bridgehead atoms. The summed E-state index contributed by atoms with van der Waals surface area (Å²) < 4.78 is 7.55. The van der Waals surface area contributed by atoms with Gasteiger partial charge in [0.05, 0.1) is 22.7 Å². The number of rotatable bonds is 4. The second-order valence-electron chi connectivity index (χ2n) is 6.74. The zero-order valence-corrected chi connectivity index (χ0v) is 18.3. The standard InChI is InChI=1S/C23H16BrN3O2S/c1-29-20-8-7-15(9-19(20)24)17-11-25-22-18(12-26-27(22)23(17)28)21-10-16(13-30-21)14-5-3-2-4-6-14/h2-13,26H,1H3. The summed E-state index contributed by atoms with van der Waals surface area (Å²) in [6.45, 7) is 0. The van der Waals surface area contributed by atoms with Crippen molar-refractivity contribution in [2.75, 3.05) is 7.11 Å². The number of halogens is 1. The molecule has 0 spiro atoms. The van der Waals surface area contributed by atoms with Crippen LogP contribution in [0, 0.1) is 0 Å². The summed E-state index contributed by atoms with van der Waals surface area (Å²) in [6.07, 6.45) is 3.47. The van der Waals surface area contributed by atoms with Crippen LogP contribution < -0.4 is 10.3 Å². The summed E-state index contributed by atoms with van der Waals surface area (Å²) in [5.41, 5.74) is 4.96. The van der Waals surface area contributed by atoms with Crippen LogP contribution in [0.1, 0.15) is 0 Å². The third-order valence-corrected chi connectivity index (χ3v) is 6.56. The van der Waals surface area contributed by atoms with Crippen LogP contribution in [0.15, 0.2) is 81.6 Å². The van der Waals surface area contributed by atoms with E-state index in [1.165, 1.54) is 4.52 Å². The summed E-state index contributed by atoms with van der Waals surface area (Å²) in [7, 11) is 1.61. The van der Waals surface area contributed by atoms with Gasteiger partial charge in [-0.05, 0) is 56.2 Å². The number of aromatic amines is 1. The molecule has 0 unspecified atom stereocenters. The second-order valence-corrected chi connectivity index (χ2v) is 8.50. The predicted molar refractivity (Wildman–Crippen MR) is 124 cm³/mol. The first-order valence-corrected chi connectivity index (χ1v) is 10.9. The fourth-order valence-corrected chi connectivity index (χ4v) is 4.90. The molecule has 0 aliphatic heterocycles. The van der Waals surface area contributed by atoms with Gasteiger partial charge in [0.2, 0.25) is 0 Å². The number of nitrogens with zero attached hydrogens (tertiary/aromatic N) is 2. The molecule has 1 N–H and O–H groups in total. The van der Waals surface area contributed by atoms with Crippen molar-refractivity contribution in [2.45, 2.75) is 0 Å². The first-order chi connectivity index (χ1) is 14.7. The minimum Gasteiger partial charge on any atom is -0.496 e. The van der Waals surface area contributed by atoms with Gasteiger partial charge >= 0.3 is 0 Å². The molecule has 0 fully saturated rings. The summed E-state index contributed by atoms with van der Waals surface area (Å²) in [5, 5.41) is 5.18.